The molecule has 3 rings (SSSR count). The van der Waals surface area contributed by atoms with Gasteiger partial charge in [-0.3, -0.25) is 0 Å². The molecule has 3 aromatic rings. The van der Waals surface area contributed by atoms with Crippen molar-refractivity contribution in [1.82, 2.24) is 4.98 Å². The Balaban J connectivity index is 0.00000208. The summed E-state index contributed by atoms with van der Waals surface area (Å²) in [5.41, 5.74) is 3.01. The number of methoxy groups -OCH3 is 1. The van der Waals surface area contributed by atoms with Crippen molar-refractivity contribution >= 4 is 22.2 Å². The van der Waals surface area contributed by atoms with Crippen LogP contribution in [0, 0.1) is 0 Å². The van der Waals surface area contributed by atoms with Crippen LogP contribution in [0.4, 0.5) is 10.8 Å². The molecule has 0 fully saturated rings. The lowest BCUT2D eigenvalue weighted by Gasteiger charge is -2.05. The molecular weight excluding hydrogens is 388 g/mol. The monoisotopic (exact) mass is 405 g/mol. The molecule has 0 saturated carbocycles. The van der Waals surface area contributed by atoms with Crippen LogP contribution in [0.2, 0.25) is 0 Å². The predicted octanol–water partition coefficient (Wildman–Crippen LogP) is 1.96. The van der Waals surface area contributed by atoms with E-state index < -0.39 is 0 Å². The first kappa shape index (κ1) is 18.3. The summed E-state index contributed by atoms with van der Waals surface area (Å²) in [6, 6.07) is 15.8. The lowest BCUT2D eigenvalue weighted by Crippen LogP contribution is -3.00. The van der Waals surface area contributed by atoms with Gasteiger partial charge >= 0.3 is 0 Å². The van der Waals surface area contributed by atoms with Crippen LogP contribution >= 0.6 is 11.3 Å². The van der Waals surface area contributed by atoms with Gasteiger partial charge in [-0.15, -0.1) is 11.3 Å². The van der Waals surface area contributed by atoms with Gasteiger partial charge in [0, 0.05) is 16.6 Å². The molecule has 1 heterocycles. The first-order chi connectivity index (χ1) is 11.3. The molecule has 0 spiro atoms. The van der Waals surface area contributed by atoms with Gasteiger partial charge in [-0.25, -0.2) is 4.98 Å². The third-order valence-electron chi connectivity index (χ3n) is 3.31. The maximum atomic E-state index is 5.44. The maximum Gasteiger partial charge on any atom is 0.187 e. The number of anilines is 2. The number of thiazole rings is 1. The highest BCUT2D eigenvalue weighted by Crippen LogP contribution is 2.28. The largest absolute Gasteiger partial charge is 1.00 e. The van der Waals surface area contributed by atoms with Gasteiger partial charge in [-0.05, 0) is 55.5 Å². The Morgan fingerprint density at radius 3 is 2.29 bits per heavy atom. The molecule has 1 aromatic heterocycles. The molecule has 4 nitrogen and oxygen atoms in total. The number of rotatable bonds is 6. The maximum absolute atomic E-state index is 5.44. The highest BCUT2D eigenvalue weighted by molar-refractivity contribution is 7.14. The van der Waals surface area contributed by atoms with Gasteiger partial charge in [0.2, 0.25) is 0 Å². The molecule has 0 radical (unpaired) electrons. The van der Waals surface area contributed by atoms with Gasteiger partial charge in [0.25, 0.3) is 0 Å². The Morgan fingerprint density at radius 1 is 1.00 bits per heavy atom. The van der Waals surface area contributed by atoms with Crippen molar-refractivity contribution in [3.8, 4) is 22.8 Å². The number of ether oxygens (including phenoxy) is 2. The Bertz CT molecular complexity index is 757. The highest BCUT2D eigenvalue weighted by atomic mass is 79.9. The zero-order valence-electron chi connectivity index (χ0n) is 13.5. The van der Waals surface area contributed by atoms with E-state index in [-0.39, 0.29) is 17.0 Å². The van der Waals surface area contributed by atoms with Crippen LogP contribution in [-0.2, 0) is 0 Å². The van der Waals surface area contributed by atoms with E-state index in [4.69, 9.17) is 9.47 Å². The summed E-state index contributed by atoms with van der Waals surface area (Å²) in [4.78, 5) is 4.63. The zero-order chi connectivity index (χ0) is 16.1. The molecule has 0 atom stereocenters. The minimum atomic E-state index is 0. The summed E-state index contributed by atoms with van der Waals surface area (Å²) in [5, 5.41) is 6.21. The fraction of sp³-hybridized carbons (Fsp3) is 0.167. The fourth-order valence-electron chi connectivity index (χ4n) is 2.15. The van der Waals surface area contributed by atoms with Crippen LogP contribution in [0.1, 0.15) is 6.92 Å². The van der Waals surface area contributed by atoms with Gasteiger partial charge in [0.15, 0.2) is 5.13 Å². The van der Waals surface area contributed by atoms with E-state index in [2.05, 4.69) is 10.3 Å². The van der Waals surface area contributed by atoms with Crippen molar-refractivity contribution < 1.29 is 26.5 Å². The molecule has 0 aliphatic heterocycles. The van der Waals surface area contributed by atoms with E-state index in [0.717, 1.165) is 33.6 Å². The molecule has 6 heteroatoms. The third-order valence-corrected chi connectivity index (χ3v) is 4.06. The highest BCUT2D eigenvalue weighted by Gasteiger charge is 2.05. The quantitative estimate of drug-likeness (QED) is 0.680. The SMILES string of the molecule is CCOc1ccc(Nc2nc(-c3ccc(OC)cc3)cs2)cc1.[Br-]. The minimum Gasteiger partial charge on any atom is -1.00 e. The lowest BCUT2D eigenvalue weighted by atomic mass is 10.2. The number of hydrogen-bond donors (Lipinski definition) is 1. The third kappa shape index (κ3) is 4.49. The summed E-state index contributed by atoms with van der Waals surface area (Å²) in [6.07, 6.45) is 0. The van der Waals surface area contributed by atoms with Crippen LogP contribution in [-0.4, -0.2) is 18.7 Å². The Kier molecular flexibility index (Phi) is 6.63. The molecule has 2 aromatic carbocycles. The van der Waals surface area contributed by atoms with Crippen molar-refractivity contribution in [2.75, 3.05) is 19.0 Å². The second-order valence-electron chi connectivity index (χ2n) is 4.85. The van der Waals surface area contributed by atoms with Gasteiger partial charge in [0.05, 0.1) is 19.4 Å². The van der Waals surface area contributed by atoms with Crippen LogP contribution in [0.3, 0.4) is 0 Å². The fourth-order valence-corrected chi connectivity index (χ4v) is 2.89. The van der Waals surface area contributed by atoms with Crippen LogP contribution in [0.5, 0.6) is 11.5 Å². The van der Waals surface area contributed by atoms with Crippen LogP contribution in [0.15, 0.2) is 53.9 Å². The van der Waals surface area contributed by atoms with Crippen molar-refractivity contribution in [2.24, 2.45) is 0 Å². The van der Waals surface area contributed by atoms with E-state index in [1.807, 2.05) is 60.8 Å². The number of hydrogen-bond acceptors (Lipinski definition) is 5. The molecule has 0 bridgehead atoms. The molecule has 0 aliphatic carbocycles. The summed E-state index contributed by atoms with van der Waals surface area (Å²) in [5.74, 6) is 1.72. The zero-order valence-corrected chi connectivity index (χ0v) is 15.9. The Hall–Kier alpha value is -2.05. The minimum absolute atomic E-state index is 0. The van der Waals surface area contributed by atoms with E-state index in [1.54, 1.807) is 18.4 Å². The van der Waals surface area contributed by atoms with Crippen molar-refractivity contribution in [3.05, 3.63) is 53.9 Å². The van der Waals surface area contributed by atoms with Gasteiger partial charge in [0.1, 0.15) is 11.5 Å². The molecular formula is C18H18BrN2O2S-. The second-order valence-corrected chi connectivity index (χ2v) is 5.71. The molecule has 0 amide bonds. The van der Waals surface area contributed by atoms with E-state index in [0.29, 0.717) is 6.61 Å². The number of nitrogens with zero attached hydrogens (tertiary/aromatic N) is 1. The summed E-state index contributed by atoms with van der Waals surface area (Å²) < 4.78 is 10.6. The molecule has 0 saturated heterocycles. The van der Waals surface area contributed by atoms with Crippen molar-refractivity contribution in [1.29, 1.82) is 0 Å². The van der Waals surface area contributed by atoms with Crippen LogP contribution < -0.4 is 31.8 Å². The van der Waals surface area contributed by atoms with Gasteiger partial charge in [-0.1, -0.05) is 0 Å². The first-order valence-electron chi connectivity index (χ1n) is 7.38. The Labute approximate surface area is 156 Å². The average Bonchev–Trinajstić information content (AvgIpc) is 3.05. The smallest absolute Gasteiger partial charge is 0.187 e. The van der Waals surface area contributed by atoms with Crippen molar-refractivity contribution in [2.45, 2.75) is 6.92 Å². The van der Waals surface area contributed by atoms with Crippen LogP contribution in [0.25, 0.3) is 11.3 Å². The number of nitrogens with one attached hydrogen (secondary N) is 1. The van der Waals surface area contributed by atoms with E-state index in [1.165, 1.54) is 0 Å². The predicted molar refractivity (Wildman–Crippen MR) is 95.0 cm³/mol. The molecule has 24 heavy (non-hydrogen) atoms. The van der Waals surface area contributed by atoms with Crippen molar-refractivity contribution in [3.63, 3.8) is 0 Å². The van der Waals surface area contributed by atoms with E-state index >= 15 is 0 Å². The molecule has 126 valence electrons. The number of halogens is 1. The lowest BCUT2D eigenvalue weighted by molar-refractivity contribution is -0.00000546. The van der Waals surface area contributed by atoms with E-state index in [9.17, 15) is 0 Å². The molecule has 0 aliphatic rings. The number of aromatic nitrogens is 1. The van der Waals surface area contributed by atoms with Gasteiger partial charge in [-0.2, -0.15) is 0 Å². The first-order valence-corrected chi connectivity index (χ1v) is 8.26. The standard InChI is InChI=1S/C18H18N2O2S.BrH/c1-3-22-16-10-6-14(7-11-16)19-18-20-17(12-23-18)13-4-8-15(21-2)9-5-13;/h4-12H,3H2,1-2H3,(H,19,20);1H/p-1. The molecule has 0 unspecified atom stereocenters. The summed E-state index contributed by atoms with van der Waals surface area (Å²) in [6.45, 7) is 2.65. The number of benzene rings is 2. The average molecular weight is 406 g/mol. The molecule has 1 N–H and O–H groups in total. The summed E-state index contributed by atoms with van der Waals surface area (Å²) in [7, 11) is 1.66. The van der Waals surface area contributed by atoms with Gasteiger partial charge < -0.3 is 31.8 Å². The normalized spacial score (nSPS) is 9.92. The Morgan fingerprint density at radius 2 is 1.67 bits per heavy atom. The second kappa shape index (κ2) is 8.70. The topological polar surface area (TPSA) is 43.4 Å². The summed E-state index contributed by atoms with van der Waals surface area (Å²) >= 11 is 1.58.